The molecule has 0 saturated carbocycles. The average Bonchev–Trinajstić information content (AvgIpc) is 3.41. The third-order valence-electron chi connectivity index (χ3n) is 5.49. The fraction of sp³-hybridized carbons (Fsp3) is 0.476. The molecule has 1 aromatic carbocycles. The summed E-state index contributed by atoms with van der Waals surface area (Å²) >= 11 is 1.27. The Morgan fingerprint density at radius 3 is 2.65 bits per heavy atom. The minimum absolute atomic E-state index is 0.0869. The molecule has 0 aliphatic carbocycles. The molecule has 0 unspecified atom stereocenters. The van der Waals surface area contributed by atoms with E-state index in [1.807, 2.05) is 0 Å². The first-order chi connectivity index (χ1) is 15.0. The van der Waals surface area contributed by atoms with E-state index < -0.39 is 11.9 Å². The van der Waals surface area contributed by atoms with E-state index in [0.29, 0.717) is 35.3 Å². The molecule has 2 amide bonds. The van der Waals surface area contributed by atoms with Gasteiger partial charge >= 0.3 is 6.09 Å². The highest BCUT2D eigenvalue weighted by molar-refractivity contribution is 8.18. The van der Waals surface area contributed by atoms with E-state index >= 15 is 0 Å². The summed E-state index contributed by atoms with van der Waals surface area (Å²) in [6.45, 7) is 5.06. The van der Waals surface area contributed by atoms with Gasteiger partial charge in [-0.25, -0.2) is 9.18 Å². The number of aliphatic hydroxyl groups is 1. The normalized spacial score (nSPS) is 21.2. The summed E-state index contributed by atoms with van der Waals surface area (Å²) in [6.07, 6.45) is 2.94. The number of amidine groups is 1. The maximum absolute atomic E-state index is 13.8. The standard InChI is InChI=1S/C21H25FN4O4S/c22-16-4-3-15(17(14-16)30-21(29)26-5-1-2-6-26)13-18-19(28)23-20(31-18)25-9-7-24(8-10-25)11-12-27/h3-4,13-14,27H,1-2,5-12H2/b18-13+. The molecule has 0 radical (unpaired) electrons. The second-order valence-electron chi connectivity index (χ2n) is 7.61. The molecule has 1 aromatic rings. The number of rotatable bonds is 4. The lowest BCUT2D eigenvalue weighted by Gasteiger charge is -2.34. The number of carbonyl (C=O) groups excluding carboxylic acids is 2. The highest BCUT2D eigenvalue weighted by atomic mass is 32.2. The van der Waals surface area contributed by atoms with Crippen LogP contribution in [0.1, 0.15) is 18.4 Å². The first-order valence-electron chi connectivity index (χ1n) is 10.4. The van der Waals surface area contributed by atoms with Crippen LogP contribution in [0, 0.1) is 5.82 Å². The molecule has 0 bridgehead atoms. The lowest BCUT2D eigenvalue weighted by atomic mass is 10.2. The number of aliphatic imine (C=N–C) groups is 1. The molecular formula is C21H25FN4O4S. The molecule has 1 N–H and O–H groups in total. The van der Waals surface area contributed by atoms with E-state index in [1.54, 1.807) is 11.0 Å². The molecule has 3 heterocycles. The lowest BCUT2D eigenvalue weighted by molar-refractivity contribution is -0.113. The van der Waals surface area contributed by atoms with Gasteiger partial charge in [0.25, 0.3) is 5.91 Å². The molecule has 8 nitrogen and oxygen atoms in total. The number of hydrogen-bond donors (Lipinski definition) is 1. The lowest BCUT2D eigenvalue weighted by Crippen LogP contribution is -2.48. The number of carbonyl (C=O) groups is 2. The fourth-order valence-electron chi connectivity index (χ4n) is 3.75. The number of β-amino-alcohol motifs (C(OH)–C–C–N with tert-alkyl or cyclic N) is 1. The molecule has 31 heavy (non-hydrogen) atoms. The van der Waals surface area contributed by atoms with Gasteiger partial charge in [0.2, 0.25) is 0 Å². The molecule has 0 aromatic heterocycles. The second-order valence-corrected chi connectivity index (χ2v) is 8.62. The van der Waals surface area contributed by atoms with Crippen LogP contribution in [-0.2, 0) is 4.79 Å². The van der Waals surface area contributed by atoms with Crippen molar-refractivity contribution in [2.24, 2.45) is 4.99 Å². The predicted molar refractivity (Wildman–Crippen MR) is 116 cm³/mol. The zero-order valence-electron chi connectivity index (χ0n) is 17.1. The molecule has 4 rings (SSSR count). The van der Waals surface area contributed by atoms with Crippen LogP contribution in [0.5, 0.6) is 5.75 Å². The third kappa shape index (κ3) is 5.25. The summed E-state index contributed by atoms with van der Waals surface area (Å²) in [6, 6.07) is 3.92. The monoisotopic (exact) mass is 448 g/mol. The highest BCUT2D eigenvalue weighted by Gasteiger charge is 2.29. The average molecular weight is 449 g/mol. The van der Waals surface area contributed by atoms with Gasteiger partial charge in [0, 0.05) is 57.4 Å². The number of amides is 2. The van der Waals surface area contributed by atoms with Crippen LogP contribution in [0.25, 0.3) is 6.08 Å². The largest absolute Gasteiger partial charge is 0.415 e. The minimum atomic E-state index is -0.519. The predicted octanol–water partition coefficient (Wildman–Crippen LogP) is 2.00. The van der Waals surface area contributed by atoms with E-state index in [0.717, 1.165) is 45.1 Å². The smallest absolute Gasteiger partial charge is 0.409 e. The Morgan fingerprint density at radius 1 is 1.19 bits per heavy atom. The fourth-order valence-corrected chi connectivity index (χ4v) is 4.71. The molecule has 3 aliphatic heterocycles. The van der Waals surface area contributed by atoms with Gasteiger partial charge in [-0.05, 0) is 42.8 Å². The molecule has 2 saturated heterocycles. The number of halogens is 1. The van der Waals surface area contributed by atoms with Crippen molar-refractivity contribution in [3.05, 3.63) is 34.5 Å². The Hall–Kier alpha value is -2.43. The quantitative estimate of drug-likeness (QED) is 0.705. The summed E-state index contributed by atoms with van der Waals surface area (Å²) in [5.74, 6) is -0.794. The minimum Gasteiger partial charge on any atom is -0.409 e. The van der Waals surface area contributed by atoms with Crippen LogP contribution in [0.4, 0.5) is 9.18 Å². The molecule has 2 fully saturated rings. The van der Waals surface area contributed by atoms with E-state index in [2.05, 4.69) is 14.8 Å². The molecular weight excluding hydrogens is 423 g/mol. The summed E-state index contributed by atoms with van der Waals surface area (Å²) in [5, 5.41) is 9.71. The zero-order chi connectivity index (χ0) is 21.8. The van der Waals surface area contributed by atoms with Gasteiger partial charge in [0.15, 0.2) is 5.17 Å². The first-order valence-corrected chi connectivity index (χ1v) is 11.2. The van der Waals surface area contributed by atoms with Crippen molar-refractivity contribution in [2.75, 3.05) is 52.4 Å². The molecule has 3 aliphatic rings. The van der Waals surface area contributed by atoms with Crippen LogP contribution in [-0.4, -0.2) is 89.4 Å². The van der Waals surface area contributed by atoms with Gasteiger partial charge in [0.1, 0.15) is 11.6 Å². The molecule has 166 valence electrons. The Kier molecular flexibility index (Phi) is 6.89. The number of piperazine rings is 1. The number of aliphatic hydroxyl groups excluding tert-OH is 1. The number of benzene rings is 1. The summed E-state index contributed by atoms with van der Waals surface area (Å²) in [4.78, 5) is 35.2. The van der Waals surface area contributed by atoms with Crippen LogP contribution < -0.4 is 4.74 Å². The van der Waals surface area contributed by atoms with Crippen LogP contribution >= 0.6 is 11.8 Å². The maximum Gasteiger partial charge on any atom is 0.415 e. The van der Waals surface area contributed by atoms with Gasteiger partial charge in [0.05, 0.1) is 11.5 Å². The highest BCUT2D eigenvalue weighted by Crippen LogP contribution is 2.33. The SMILES string of the molecule is O=C1N=C(N2CCN(CCO)CC2)S/C1=C/c1ccc(F)cc1OC(=O)N1CCCC1. The number of hydrogen-bond acceptors (Lipinski definition) is 7. The Morgan fingerprint density at radius 2 is 1.94 bits per heavy atom. The van der Waals surface area contributed by atoms with E-state index in [9.17, 15) is 14.0 Å². The number of likely N-dealkylation sites (tertiary alicyclic amines) is 1. The van der Waals surface area contributed by atoms with Gasteiger partial charge in [-0.3, -0.25) is 9.69 Å². The molecule has 0 atom stereocenters. The van der Waals surface area contributed by atoms with Crippen LogP contribution in [0.3, 0.4) is 0 Å². The van der Waals surface area contributed by atoms with E-state index in [4.69, 9.17) is 9.84 Å². The Bertz CT molecular complexity index is 909. The summed E-state index contributed by atoms with van der Waals surface area (Å²) < 4.78 is 19.3. The number of thioether (sulfide) groups is 1. The summed E-state index contributed by atoms with van der Waals surface area (Å²) in [5.41, 5.74) is 0.453. The van der Waals surface area contributed by atoms with Gasteiger partial charge < -0.3 is 19.6 Å². The van der Waals surface area contributed by atoms with Crippen molar-refractivity contribution in [1.29, 1.82) is 0 Å². The third-order valence-corrected chi connectivity index (χ3v) is 6.54. The van der Waals surface area contributed by atoms with Crippen LogP contribution in [0.15, 0.2) is 28.1 Å². The van der Waals surface area contributed by atoms with Crippen molar-refractivity contribution in [3.63, 3.8) is 0 Å². The number of nitrogens with zero attached hydrogens (tertiary/aromatic N) is 4. The van der Waals surface area contributed by atoms with Crippen molar-refractivity contribution >= 4 is 35.0 Å². The van der Waals surface area contributed by atoms with Gasteiger partial charge in [-0.2, -0.15) is 4.99 Å². The van der Waals surface area contributed by atoms with Gasteiger partial charge in [-0.1, -0.05) is 0 Å². The van der Waals surface area contributed by atoms with Crippen molar-refractivity contribution in [2.45, 2.75) is 12.8 Å². The number of ether oxygens (including phenoxy) is 1. The van der Waals surface area contributed by atoms with E-state index in [1.165, 1.54) is 23.9 Å². The first kappa shape index (κ1) is 21.8. The van der Waals surface area contributed by atoms with Crippen LogP contribution in [0.2, 0.25) is 0 Å². The topological polar surface area (TPSA) is 85.7 Å². The van der Waals surface area contributed by atoms with Crippen molar-refractivity contribution in [3.8, 4) is 5.75 Å². The summed E-state index contributed by atoms with van der Waals surface area (Å²) in [7, 11) is 0. The van der Waals surface area contributed by atoms with E-state index in [-0.39, 0.29) is 18.3 Å². The Labute approximate surface area is 184 Å². The van der Waals surface area contributed by atoms with Gasteiger partial charge in [-0.15, -0.1) is 0 Å². The molecule has 0 spiro atoms. The molecule has 10 heteroatoms. The second kappa shape index (κ2) is 9.80. The zero-order valence-corrected chi connectivity index (χ0v) is 17.9. The Balaban J connectivity index is 1.45. The van der Waals surface area contributed by atoms with Crippen molar-refractivity contribution in [1.82, 2.24) is 14.7 Å². The van der Waals surface area contributed by atoms with Crippen molar-refractivity contribution < 1.29 is 23.8 Å². The maximum atomic E-state index is 13.8.